The first kappa shape index (κ1) is 18.9. The fourth-order valence-corrected chi connectivity index (χ4v) is 3.29. The van der Waals surface area contributed by atoms with E-state index in [-0.39, 0.29) is 5.91 Å². The Morgan fingerprint density at radius 1 is 1.04 bits per heavy atom. The Balaban J connectivity index is 1.74. The van der Waals surface area contributed by atoms with Crippen LogP contribution in [0.2, 0.25) is 0 Å². The van der Waals surface area contributed by atoms with Gasteiger partial charge in [0.15, 0.2) is 11.5 Å². The van der Waals surface area contributed by atoms with Crippen LogP contribution in [-0.4, -0.2) is 36.1 Å². The fourth-order valence-electron chi connectivity index (χ4n) is 3.29. The summed E-state index contributed by atoms with van der Waals surface area (Å²) in [6, 6.07) is 7.28. The normalized spacial score (nSPS) is 14.5. The van der Waals surface area contributed by atoms with Crippen molar-refractivity contribution in [3.63, 3.8) is 0 Å². The third-order valence-electron chi connectivity index (χ3n) is 4.67. The van der Waals surface area contributed by atoms with Gasteiger partial charge in [0, 0.05) is 23.5 Å². The first-order chi connectivity index (χ1) is 13.1. The van der Waals surface area contributed by atoms with E-state index in [0.717, 1.165) is 18.5 Å². The average molecular weight is 370 g/mol. The van der Waals surface area contributed by atoms with E-state index in [0.29, 0.717) is 34.9 Å². The number of methoxy groups -OCH3 is 2. The van der Waals surface area contributed by atoms with Gasteiger partial charge in [-0.3, -0.25) is 4.79 Å². The number of hydrogen-bond donors (Lipinski definition) is 2. The Morgan fingerprint density at radius 3 is 2.48 bits per heavy atom. The lowest BCUT2D eigenvalue weighted by molar-refractivity contribution is 0.102. The number of nitrogens with zero attached hydrogens (tertiary/aromatic N) is 2. The third-order valence-corrected chi connectivity index (χ3v) is 4.67. The van der Waals surface area contributed by atoms with Crippen molar-refractivity contribution < 1.29 is 14.3 Å². The Kier molecular flexibility index (Phi) is 6.11. The van der Waals surface area contributed by atoms with E-state index in [1.165, 1.54) is 19.3 Å². The van der Waals surface area contributed by atoms with Crippen molar-refractivity contribution in [1.82, 2.24) is 9.97 Å². The minimum absolute atomic E-state index is 0.292. The molecule has 0 atom stereocenters. The van der Waals surface area contributed by atoms with Gasteiger partial charge in [0.05, 0.1) is 14.2 Å². The maximum Gasteiger partial charge on any atom is 0.274 e. The summed E-state index contributed by atoms with van der Waals surface area (Å²) < 4.78 is 10.5. The Morgan fingerprint density at radius 2 is 1.78 bits per heavy atom. The lowest BCUT2D eigenvalue weighted by atomic mass is 9.96. The molecule has 1 aromatic carbocycles. The highest BCUT2D eigenvalue weighted by Crippen LogP contribution is 2.30. The quantitative estimate of drug-likeness (QED) is 0.804. The first-order valence-corrected chi connectivity index (χ1v) is 9.24. The number of ether oxygens (including phenoxy) is 2. The van der Waals surface area contributed by atoms with Gasteiger partial charge >= 0.3 is 0 Å². The molecule has 7 heteroatoms. The molecule has 0 spiro atoms. The lowest BCUT2D eigenvalue weighted by Gasteiger charge is -2.23. The number of aryl methyl sites for hydroxylation is 1. The van der Waals surface area contributed by atoms with Crippen molar-refractivity contribution in [1.29, 1.82) is 0 Å². The molecule has 1 heterocycles. The Hall–Kier alpha value is -2.83. The van der Waals surface area contributed by atoms with Gasteiger partial charge in [0.25, 0.3) is 5.91 Å². The molecule has 1 fully saturated rings. The van der Waals surface area contributed by atoms with Crippen LogP contribution in [0.1, 0.15) is 48.3 Å². The van der Waals surface area contributed by atoms with E-state index in [2.05, 4.69) is 20.6 Å². The van der Waals surface area contributed by atoms with Gasteiger partial charge in [-0.1, -0.05) is 19.3 Å². The predicted octanol–water partition coefficient (Wildman–Crippen LogP) is 3.80. The highest BCUT2D eigenvalue weighted by Gasteiger charge is 2.17. The summed E-state index contributed by atoms with van der Waals surface area (Å²) in [6.07, 6.45) is 5.95. The number of hydrogen-bond acceptors (Lipinski definition) is 6. The van der Waals surface area contributed by atoms with Gasteiger partial charge < -0.3 is 20.1 Å². The zero-order valence-corrected chi connectivity index (χ0v) is 16.0. The molecular weight excluding hydrogens is 344 g/mol. The van der Waals surface area contributed by atoms with E-state index < -0.39 is 0 Å². The molecule has 0 unspecified atom stereocenters. The molecule has 144 valence electrons. The molecule has 0 saturated heterocycles. The van der Waals surface area contributed by atoms with Crippen molar-refractivity contribution in [2.24, 2.45) is 0 Å². The number of nitrogens with one attached hydrogen (secondary N) is 2. The Bertz CT molecular complexity index is 804. The third kappa shape index (κ3) is 4.87. The molecule has 1 aliphatic carbocycles. The van der Waals surface area contributed by atoms with E-state index in [1.807, 2.05) is 6.92 Å². The van der Waals surface area contributed by atoms with E-state index in [1.54, 1.807) is 38.5 Å². The molecule has 3 rings (SSSR count). The second-order valence-electron chi connectivity index (χ2n) is 6.72. The molecule has 7 nitrogen and oxygen atoms in total. The van der Waals surface area contributed by atoms with Crippen LogP contribution < -0.4 is 20.1 Å². The zero-order valence-electron chi connectivity index (χ0n) is 16.0. The molecule has 1 saturated carbocycles. The number of amides is 1. The number of carbonyl (C=O) groups excluding carboxylic acids is 1. The van der Waals surface area contributed by atoms with Crippen LogP contribution in [0.15, 0.2) is 24.3 Å². The molecule has 27 heavy (non-hydrogen) atoms. The van der Waals surface area contributed by atoms with E-state index in [9.17, 15) is 4.79 Å². The lowest BCUT2D eigenvalue weighted by Crippen LogP contribution is -2.24. The number of anilines is 2. The van der Waals surface area contributed by atoms with Gasteiger partial charge in [0.2, 0.25) is 5.95 Å². The summed E-state index contributed by atoms with van der Waals surface area (Å²) in [5.74, 6) is 1.37. The van der Waals surface area contributed by atoms with Crippen molar-refractivity contribution >= 4 is 17.5 Å². The molecule has 0 bridgehead atoms. The SMILES string of the molecule is COc1ccc(NC(=O)c2cc(C)nc(NC3CCCCC3)n2)cc1OC. The van der Waals surface area contributed by atoms with Crippen LogP contribution >= 0.6 is 0 Å². The number of carbonyl (C=O) groups is 1. The molecule has 2 N–H and O–H groups in total. The second kappa shape index (κ2) is 8.70. The molecular formula is C20H26N4O3. The number of aromatic nitrogens is 2. The minimum atomic E-state index is -0.292. The maximum absolute atomic E-state index is 12.7. The summed E-state index contributed by atoms with van der Waals surface area (Å²) >= 11 is 0. The van der Waals surface area contributed by atoms with Crippen molar-refractivity contribution in [3.05, 3.63) is 35.7 Å². The summed E-state index contributed by atoms with van der Waals surface area (Å²) in [7, 11) is 3.13. The molecule has 0 radical (unpaired) electrons. The van der Waals surface area contributed by atoms with Crippen LogP contribution in [0.3, 0.4) is 0 Å². The second-order valence-corrected chi connectivity index (χ2v) is 6.72. The zero-order chi connectivity index (χ0) is 19.2. The predicted molar refractivity (Wildman–Crippen MR) is 105 cm³/mol. The molecule has 0 aliphatic heterocycles. The average Bonchev–Trinajstić information content (AvgIpc) is 2.68. The molecule has 1 aliphatic rings. The highest BCUT2D eigenvalue weighted by atomic mass is 16.5. The topological polar surface area (TPSA) is 85.4 Å². The smallest absolute Gasteiger partial charge is 0.274 e. The fraction of sp³-hybridized carbons (Fsp3) is 0.450. The largest absolute Gasteiger partial charge is 0.493 e. The van der Waals surface area contributed by atoms with Crippen LogP contribution in [0, 0.1) is 6.92 Å². The molecule has 1 amide bonds. The van der Waals surface area contributed by atoms with Gasteiger partial charge in [-0.25, -0.2) is 9.97 Å². The van der Waals surface area contributed by atoms with Crippen LogP contribution in [0.4, 0.5) is 11.6 Å². The minimum Gasteiger partial charge on any atom is -0.493 e. The highest BCUT2D eigenvalue weighted by molar-refractivity contribution is 6.03. The van der Waals surface area contributed by atoms with Crippen molar-refractivity contribution in [2.45, 2.75) is 45.1 Å². The summed E-state index contributed by atoms with van der Waals surface area (Å²) in [5, 5.41) is 6.23. The number of benzene rings is 1. The summed E-state index contributed by atoms with van der Waals surface area (Å²) in [6.45, 7) is 1.86. The van der Waals surface area contributed by atoms with Crippen molar-refractivity contribution in [2.75, 3.05) is 24.9 Å². The van der Waals surface area contributed by atoms with Crippen LogP contribution in [0.5, 0.6) is 11.5 Å². The monoisotopic (exact) mass is 370 g/mol. The van der Waals surface area contributed by atoms with Crippen LogP contribution in [-0.2, 0) is 0 Å². The van der Waals surface area contributed by atoms with Gasteiger partial charge in [-0.2, -0.15) is 0 Å². The Labute approximate surface area is 159 Å². The van der Waals surface area contributed by atoms with Gasteiger partial charge in [-0.05, 0) is 38.0 Å². The molecule has 2 aromatic rings. The molecule has 1 aromatic heterocycles. The first-order valence-electron chi connectivity index (χ1n) is 9.24. The maximum atomic E-state index is 12.7. The number of rotatable bonds is 6. The van der Waals surface area contributed by atoms with Gasteiger partial charge in [0.1, 0.15) is 5.69 Å². The standard InChI is InChI=1S/C20H26N4O3/c1-13-11-16(24-20(21-13)23-14-7-5-4-6-8-14)19(25)22-15-9-10-17(26-2)18(12-15)27-3/h9-12,14H,4-8H2,1-3H3,(H,22,25)(H,21,23,24). The summed E-state index contributed by atoms with van der Waals surface area (Å²) in [5.41, 5.74) is 1.69. The van der Waals surface area contributed by atoms with Crippen LogP contribution in [0.25, 0.3) is 0 Å². The summed E-state index contributed by atoms with van der Waals surface area (Å²) in [4.78, 5) is 21.5. The van der Waals surface area contributed by atoms with E-state index >= 15 is 0 Å². The van der Waals surface area contributed by atoms with Crippen molar-refractivity contribution in [3.8, 4) is 11.5 Å². The van der Waals surface area contributed by atoms with Gasteiger partial charge in [-0.15, -0.1) is 0 Å². The van der Waals surface area contributed by atoms with E-state index in [4.69, 9.17) is 9.47 Å².